The Bertz CT molecular complexity index is 561. The second-order valence-corrected chi connectivity index (χ2v) is 3.82. The zero-order valence-electron chi connectivity index (χ0n) is 9.75. The molecule has 0 atom stereocenters. The molecule has 0 saturated carbocycles. The minimum absolute atomic E-state index is 0.109. The first-order valence-corrected chi connectivity index (χ1v) is 5.41. The fourth-order valence-electron chi connectivity index (χ4n) is 1.80. The SMILES string of the molecule is CCc1nccn1-c1ccc(C)cc1[N+](=O)[O-]. The lowest BCUT2D eigenvalue weighted by molar-refractivity contribution is -0.384. The second kappa shape index (κ2) is 4.37. The number of nitro groups is 1. The fraction of sp³-hybridized carbons (Fsp3) is 0.250. The number of hydrogen-bond acceptors (Lipinski definition) is 3. The Hall–Kier alpha value is -2.17. The molecule has 0 N–H and O–H groups in total. The van der Waals surface area contributed by atoms with E-state index in [9.17, 15) is 10.1 Å². The van der Waals surface area contributed by atoms with Gasteiger partial charge in [0.25, 0.3) is 5.69 Å². The predicted octanol–water partition coefficient (Wildman–Crippen LogP) is 2.65. The van der Waals surface area contributed by atoms with E-state index in [0.29, 0.717) is 5.69 Å². The Morgan fingerprint density at radius 3 is 2.88 bits per heavy atom. The van der Waals surface area contributed by atoms with Crippen LogP contribution in [-0.2, 0) is 6.42 Å². The summed E-state index contributed by atoms with van der Waals surface area (Å²) in [5.74, 6) is 0.817. The van der Waals surface area contributed by atoms with Crippen LogP contribution in [0.25, 0.3) is 5.69 Å². The van der Waals surface area contributed by atoms with Gasteiger partial charge in [-0.1, -0.05) is 13.0 Å². The van der Waals surface area contributed by atoms with E-state index >= 15 is 0 Å². The Morgan fingerprint density at radius 2 is 2.24 bits per heavy atom. The van der Waals surface area contributed by atoms with E-state index in [0.717, 1.165) is 17.8 Å². The Morgan fingerprint density at radius 1 is 1.47 bits per heavy atom. The molecular formula is C12H13N3O2. The van der Waals surface area contributed by atoms with Gasteiger partial charge in [0.05, 0.1) is 4.92 Å². The molecule has 1 aromatic carbocycles. The van der Waals surface area contributed by atoms with E-state index < -0.39 is 0 Å². The molecule has 17 heavy (non-hydrogen) atoms. The van der Waals surface area contributed by atoms with Crippen LogP contribution in [0.4, 0.5) is 5.69 Å². The van der Waals surface area contributed by atoms with Gasteiger partial charge in [0.15, 0.2) is 0 Å². The van der Waals surface area contributed by atoms with E-state index in [1.54, 1.807) is 29.1 Å². The van der Waals surface area contributed by atoms with Crippen molar-refractivity contribution in [3.63, 3.8) is 0 Å². The maximum atomic E-state index is 11.0. The van der Waals surface area contributed by atoms with Crippen molar-refractivity contribution in [2.24, 2.45) is 0 Å². The van der Waals surface area contributed by atoms with Gasteiger partial charge in [0, 0.05) is 24.9 Å². The minimum atomic E-state index is -0.359. The molecule has 0 unspecified atom stereocenters. The summed E-state index contributed by atoms with van der Waals surface area (Å²) in [6, 6.07) is 5.20. The molecule has 0 radical (unpaired) electrons. The predicted molar refractivity (Wildman–Crippen MR) is 64.3 cm³/mol. The maximum absolute atomic E-state index is 11.0. The molecule has 2 aromatic rings. The van der Waals surface area contributed by atoms with Crippen LogP contribution in [0.5, 0.6) is 0 Å². The summed E-state index contributed by atoms with van der Waals surface area (Å²) >= 11 is 0. The fourth-order valence-corrected chi connectivity index (χ4v) is 1.80. The van der Waals surface area contributed by atoms with E-state index in [-0.39, 0.29) is 10.6 Å². The number of nitrogens with zero attached hydrogens (tertiary/aromatic N) is 3. The van der Waals surface area contributed by atoms with E-state index in [2.05, 4.69) is 4.98 Å². The lowest BCUT2D eigenvalue weighted by Gasteiger charge is -2.07. The lowest BCUT2D eigenvalue weighted by atomic mass is 10.2. The highest BCUT2D eigenvalue weighted by Crippen LogP contribution is 2.25. The highest BCUT2D eigenvalue weighted by Gasteiger charge is 2.16. The summed E-state index contributed by atoms with van der Waals surface area (Å²) in [6.45, 7) is 3.81. The van der Waals surface area contributed by atoms with Gasteiger partial charge in [0.1, 0.15) is 11.5 Å². The lowest BCUT2D eigenvalue weighted by Crippen LogP contribution is -2.03. The van der Waals surface area contributed by atoms with Crippen LogP contribution in [-0.4, -0.2) is 14.5 Å². The monoisotopic (exact) mass is 231 g/mol. The summed E-state index contributed by atoms with van der Waals surface area (Å²) < 4.78 is 1.76. The minimum Gasteiger partial charge on any atom is -0.298 e. The van der Waals surface area contributed by atoms with Crippen LogP contribution in [0.2, 0.25) is 0 Å². The van der Waals surface area contributed by atoms with Crippen LogP contribution in [0.1, 0.15) is 18.3 Å². The molecule has 0 spiro atoms. The van der Waals surface area contributed by atoms with Crippen LogP contribution in [0.15, 0.2) is 30.6 Å². The maximum Gasteiger partial charge on any atom is 0.293 e. The molecule has 0 fully saturated rings. The molecule has 0 aliphatic carbocycles. The average Bonchev–Trinajstić information content (AvgIpc) is 2.76. The van der Waals surface area contributed by atoms with Crippen LogP contribution in [0.3, 0.4) is 0 Å². The summed E-state index contributed by atoms with van der Waals surface area (Å²) in [7, 11) is 0. The largest absolute Gasteiger partial charge is 0.298 e. The number of aryl methyl sites for hydroxylation is 2. The van der Waals surface area contributed by atoms with Crippen LogP contribution in [0, 0.1) is 17.0 Å². The number of hydrogen-bond donors (Lipinski definition) is 0. The summed E-state index contributed by atoms with van der Waals surface area (Å²) in [5, 5.41) is 11.0. The Kier molecular flexibility index (Phi) is 2.91. The molecule has 1 heterocycles. The van der Waals surface area contributed by atoms with Crippen molar-refractivity contribution in [1.82, 2.24) is 9.55 Å². The summed E-state index contributed by atoms with van der Waals surface area (Å²) in [5.41, 5.74) is 1.55. The normalized spacial score (nSPS) is 10.5. The smallest absolute Gasteiger partial charge is 0.293 e. The zero-order chi connectivity index (χ0) is 12.4. The molecule has 0 bridgehead atoms. The molecule has 2 rings (SSSR count). The Labute approximate surface area is 98.9 Å². The van der Waals surface area contributed by atoms with Crippen molar-refractivity contribution in [1.29, 1.82) is 0 Å². The third kappa shape index (κ3) is 2.04. The van der Waals surface area contributed by atoms with Crippen molar-refractivity contribution in [2.75, 3.05) is 0 Å². The topological polar surface area (TPSA) is 61.0 Å². The van der Waals surface area contributed by atoms with Gasteiger partial charge >= 0.3 is 0 Å². The van der Waals surface area contributed by atoms with Crippen LogP contribution < -0.4 is 0 Å². The quantitative estimate of drug-likeness (QED) is 0.602. The first-order valence-electron chi connectivity index (χ1n) is 5.41. The molecule has 1 aromatic heterocycles. The van der Waals surface area contributed by atoms with Gasteiger partial charge in [-0.05, 0) is 18.6 Å². The van der Waals surface area contributed by atoms with Gasteiger partial charge in [-0.15, -0.1) is 0 Å². The zero-order valence-corrected chi connectivity index (χ0v) is 9.75. The molecule has 88 valence electrons. The van der Waals surface area contributed by atoms with Crippen molar-refractivity contribution in [3.8, 4) is 5.69 Å². The van der Waals surface area contributed by atoms with E-state index in [1.165, 1.54) is 0 Å². The number of benzene rings is 1. The standard InChI is InChI=1S/C12H13N3O2/c1-3-12-13-6-7-14(12)10-5-4-9(2)8-11(10)15(16)17/h4-8H,3H2,1-2H3. The molecule has 0 aliphatic heterocycles. The molecule has 0 aliphatic rings. The van der Waals surface area contributed by atoms with Crippen molar-refractivity contribution < 1.29 is 4.92 Å². The van der Waals surface area contributed by atoms with Crippen LogP contribution >= 0.6 is 0 Å². The molecule has 0 saturated heterocycles. The van der Waals surface area contributed by atoms with Crippen molar-refractivity contribution >= 4 is 5.69 Å². The number of rotatable bonds is 3. The first-order chi connectivity index (χ1) is 8.13. The van der Waals surface area contributed by atoms with Crippen molar-refractivity contribution in [2.45, 2.75) is 20.3 Å². The molecular weight excluding hydrogens is 218 g/mol. The Balaban J connectivity index is 2.63. The van der Waals surface area contributed by atoms with Gasteiger partial charge in [-0.25, -0.2) is 4.98 Å². The van der Waals surface area contributed by atoms with E-state index in [4.69, 9.17) is 0 Å². The number of aromatic nitrogens is 2. The van der Waals surface area contributed by atoms with E-state index in [1.807, 2.05) is 19.9 Å². The summed E-state index contributed by atoms with van der Waals surface area (Å²) in [4.78, 5) is 14.9. The van der Waals surface area contributed by atoms with Gasteiger partial charge in [-0.2, -0.15) is 0 Å². The third-order valence-corrected chi connectivity index (χ3v) is 2.62. The highest BCUT2D eigenvalue weighted by atomic mass is 16.6. The molecule has 5 heteroatoms. The van der Waals surface area contributed by atoms with Gasteiger partial charge in [-0.3, -0.25) is 14.7 Å². The molecule has 5 nitrogen and oxygen atoms in total. The van der Waals surface area contributed by atoms with Gasteiger partial charge in [0.2, 0.25) is 0 Å². The molecule has 0 amide bonds. The van der Waals surface area contributed by atoms with Crippen molar-refractivity contribution in [3.05, 3.63) is 52.1 Å². The number of nitro benzene ring substituents is 1. The van der Waals surface area contributed by atoms with Gasteiger partial charge < -0.3 is 0 Å². The number of imidazole rings is 1. The first kappa shape index (κ1) is 11.3. The second-order valence-electron chi connectivity index (χ2n) is 3.82. The average molecular weight is 231 g/mol. The highest BCUT2D eigenvalue weighted by molar-refractivity contribution is 5.54. The summed E-state index contributed by atoms with van der Waals surface area (Å²) in [6.07, 6.45) is 4.14. The third-order valence-electron chi connectivity index (χ3n) is 2.62.